The predicted molar refractivity (Wildman–Crippen MR) is 71.3 cm³/mol. The van der Waals surface area contributed by atoms with Crippen molar-refractivity contribution in [2.24, 2.45) is 0 Å². The van der Waals surface area contributed by atoms with Gasteiger partial charge in [-0.1, -0.05) is 6.42 Å². The van der Waals surface area contributed by atoms with Gasteiger partial charge in [0.2, 0.25) is 0 Å². The summed E-state index contributed by atoms with van der Waals surface area (Å²) in [4.78, 5) is 16.2. The molecule has 0 bridgehead atoms. The van der Waals surface area contributed by atoms with E-state index in [0.29, 0.717) is 5.56 Å². The van der Waals surface area contributed by atoms with E-state index in [1.54, 1.807) is 18.3 Å². The molecule has 1 fully saturated rings. The number of amides is 1. The highest BCUT2D eigenvalue weighted by Gasteiger charge is 2.14. The Kier molecular flexibility index (Phi) is 4.52. The first-order chi connectivity index (χ1) is 8.79. The van der Waals surface area contributed by atoms with Gasteiger partial charge in [0.05, 0.1) is 0 Å². The van der Waals surface area contributed by atoms with Crippen LogP contribution >= 0.6 is 0 Å². The summed E-state index contributed by atoms with van der Waals surface area (Å²) in [6.07, 6.45) is 5.22. The number of anilines is 1. The molecule has 2 rings (SSSR count). The number of nitrogens with zero attached hydrogens (tertiary/aromatic N) is 2. The molecule has 2 heterocycles. The van der Waals surface area contributed by atoms with Crippen LogP contribution in [0.5, 0.6) is 0 Å². The van der Waals surface area contributed by atoms with E-state index in [1.165, 1.54) is 6.42 Å². The quantitative estimate of drug-likeness (QED) is 0.850. The molecule has 0 spiro atoms. The third-order valence-corrected chi connectivity index (χ3v) is 3.00. The molecule has 1 amide bonds. The number of carbonyl (C=O) groups is 1. The SMILES string of the molecule is CCNc1cc(C(=O)NN2CCCCC2)ccn1. The predicted octanol–water partition coefficient (Wildman–Crippen LogP) is 1.64. The summed E-state index contributed by atoms with van der Waals surface area (Å²) in [5.74, 6) is 0.683. The van der Waals surface area contributed by atoms with Gasteiger partial charge in [0.1, 0.15) is 5.82 Å². The van der Waals surface area contributed by atoms with E-state index >= 15 is 0 Å². The third kappa shape index (κ3) is 3.43. The molecule has 1 saturated heterocycles. The number of aromatic nitrogens is 1. The van der Waals surface area contributed by atoms with Gasteiger partial charge in [-0.25, -0.2) is 9.99 Å². The zero-order chi connectivity index (χ0) is 12.8. The summed E-state index contributed by atoms with van der Waals surface area (Å²) >= 11 is 0. The zero-order valence-electron chi connectivity index (χ0n) is 10.8. The maximum Gasteiger partial charge on any atom is 0.265 e. The summed E-state index contributed by atoms with van der Waals surface area (Å²) < 4.78 is 0. The molecule has 1 aromatic rings. The van der Waals surface area contributed by atoms with E-state index in [0.717, 1.165) is 38.3 Å². The lowest BCUT2D eigenvalue weighted by molar-refractivity contribution is 0.0750. The zero-order valence-corrected chi connectivity index (χ0v) is 10.8. The summed E-state index contributed by atoms with van der Waals surface area (Å²) in [5.41, 5.74) is 3.59. The number of pyridine rings is 1. The smallest absolute Gasteiger partial charge is 0.265 e. The molecule has 1 aliphatic heterocycles. The van der Waals surface area contributed by atoms with Crippen LogP contribution in [0.25, 0.3) is 0 Å². The lowest BCUT2D eigenvalue weighted by atomic mass is 10.2. The van der Waals surface area contributed by atoms with E-state index in [-0.39, 0.29) is 5.91 Å². The van der Waals surface area contributed by atoms with Crippen LogP contribution in [0.3, 0.4) is 0 Å². The van der Waals surface area contributed by atoms with Crippen LogP contribution in [0.2, 0.25) is 0 Å². The van der Waals surface area contributed by atoms with Crippen molar-refractivity contribution in [1.82, 2.24) is 15.4 Å². The monoisotopic (exact) mass is 248 g/mol. The van der Waals surface area contributed by atoms with Crippen molar-refractivity contribution in [3.05, 3.63) is 23.9 Å². The first-order valence-corrected chi connectivity index (χ1v) is 6.55. The minimum atomic E-state index is -0.0570. The maximum atomic E-state index is 12.1. The topological polar surface area (TPSA) is 57.3 Å². The van der Waals surface area contributed by atoms with Crippen molar-refractivity contribution >= 4 is 11.7 Å². The second kappa shape index (κ2) is 6.35. The molecule has 0 unspecified atom stereocenters. The van der Waals surface area contributed by atoms with E-state index in [1.807, 2.05) is 11.9 Å². The first kappa shape index (κ1) is 12.8. The van der Waals surface area contributed by atoms with Crippen LogP contribution in [-0.4, -0.2) is 35.5 Å². The van der Waals surface area contributed by atoms with Crippen LogP contribution in [0.15, 0.2) is 18.3 Å². The highest BCUT2D eigenvalue weighted by molar-refractivity contribution is 5.94. The maximum absolute atomic E-state index is 12.1. The van der Waals surface area contributed by atoms with Crippen molar-refractivity contribution < 1.29 is 4.79 Å². The molecule has 0 saturated carbocycles. The van der Waals surface area contributed by atoms with Crippen LogP contribution in [0.1, 0.15) is 36.5 Å². The number of hydrogen-bond acceptors (Lipinski definition) is 4. The number of rotatable bonds is 4. The highest BCUT2D eigenvalue weighted by Crippen LogP contribution is 2.09. The molecule has 5 nitrogen and oxygen atoms in total. The molecule has 1 aliphatic rings. The standard InChI is InChI=1S/C13H20N4O/c1-2-14-12-10-11(6-7-15-12)13(18)16-17-8-4-3-5-9-17/h6-7,10H,2-5,8-9H2,1H3,(H,14,15)(H,16,18). The van der Waals surface area contributed by atoms with Gasteiger partial charge in [-0.05, 0) is 31.9 Å². The van der Waals surface area contributed by atoms with E-state index in [2.05, 4.69) is 15.7 Å². The van der Waals surface area contributed by atoms with Crippen molar-refractivity contribution in [2.75, 3.05) is 25.0 Å². The lowest BCUT2D eigenvalue weighted by Crippen LogP contribution is -2.45. The van der Waals surface area contributed by atoms with E-state index in [4.69, 9.17) is 0 Å². The van der Waals surface area contributed by atoms with Gasteiger partial charge >= 0.3 is 0 Å². The van der Waals surface area contributed by atoms with Gasteiger partial charge in [-0.2, -0.15) is 0 Å². The molecular formula is C13H20N4O. The van der Waals surface area contributed by atoms with Gasteiger partial charge in [0, 0.05) is 31.4 Å². The summed E-state index contributed by atoms with van der Waals surface area (Å²) in [5, 5.41) is 5.10. The molecule has 5 heteroatoms. The number of hydrogen-bond donors (Lipinski definition) is 2. The average molecular weight is 248 g/mol. The van der Waals surface area contributed by atoms with Gasteiger partial charge in [-0.15, -0.1) is 0 Å². The number of piperidine rings is 1. The normalized spacial score (nSPS) is 16.3. The molecule has 2 N–H and O–H groups in total. The van der Waals surface area contributed by atoms with Crippen LogP contribution in [0, 0.1) is 0 Å². The molecule has 0 aromatic carbocycles. The van der Waals surface area contributed by atoms with E-state index < -0.39 is 0 Å². The van der Waals surface area contributed by atoms with Crippen LogP contribution in [0.4, 0.5) is 5.82 Å². The molecule has 1 aromatic heterocycles. The molecule has 0 radical (unpaired) electrons. The Morgan fingerprint density at radius 1 is 1.39 bits per heavy atom. The fourth-order valence-corrected chi connectivity index (χ4v) is 2.06. The van der Waals surface area contributed by atoms with E-state index in [9.17, 15) is 4.79 Å². The first-order valence-electron chi connectivity index (χ1n) is 6.55. The minimum Gasteiger partial charge on any atom is -0.370 e. The number of carbonyl (C=O) groups excluding carboxylic acids is 1. The van der Waals surface area contributed by atoms with Gasteiger partial charge in [0.15, 0.2) is 0 Å². The fourth-order valence-electron chi connectivity index (χ4n) is 2.06. The Labute approximate surface area is 108 Å². The molecular weight excluding hydrogens is 228 g/mol. The largest absolute Gasteiger partial charge is 0.370 e. The summed E-state index contributed by atoms with van der Waals surface area (Å²) in [6, 6.07) is 3.52. The molecule has 18 heavy (non-hydrogen) atoms. The van der Waals surface area contributed by atoms with Crippen LogP contribution in [-0.2, 0) is 0 Å². The lowest BCUT2D eigenvalue weighted by Gasteiger charge is -2.26. The third-order valence-electron chi connectivity index (χ3n) is 3.00. The highest BCUT2D eigenvalue weighted by atomic mass is 16.2. The molecule has 98 valence electrons. The Balaban J connectivity index is 1.96. The second-order valence-corrected chi connectivity index (χ2v) is 4.45. The van der Waals surface area contributed by atoms with Gasteiger partial charge < -0.3 is 5.32 Å². The Hall–Kier alpha value is -1.62. The minimum absolute atomic E-state index is 0.0570. The average Bonchev–Trinajstić information content (AvgIpc) is 2.40. The van der Waals surface area contributed by atoms with Crippen molar-refractivity contribution in [2.45, 2.75) is 26.2 Å². The van der Waals surface area contributed by atoms with Gasteiger partial charge in [-0.3, -0.25) is 10.2 Å². The molecule has 0 aliphatic carbocycles. The summed E-state index contributed by atoms with van der Waals surface area (Å²) in [7, 11) is 0. The fraction of sp³-hybridized carbons (Fsp3) is 0.538. The van der Waals surface area contributed by atoms with Gasteiger partial charge in [0.25, 0.3) is 5.91 Å². The van der Waals surface area contributed by atoms with Crippen molar-refractivity contribution in [3.63, 3.8) is 0 Å². The summed E-state index contributed by atoms with van der Waals surface area (Å²) in [6.45, 7) is 4.68. The van der Waals surface area contributed by atoms with Crippen LogP contribution < -0.4 is 10.7 Å². The Morgan fingerprint density at radius 2 is 2.17 bits per heavy atom. The van der Waals surface area contributed by atoms with Crippen molar-refractivity contribution in [3.8, 4) is 0 Å². The Bertz CT molecular complexity index is 402. The number of hydrazine groups is 1. The number of nitrogens with one attached hydrogen (secondary N) is 2. The van der Waals surface area contributed by atoms with Crippen molar-refractivity contribution in [1.29, 1.82) is 0 Å². The molecule has 0 atom stereocenters. The second-order valence-electron chi connectivity index (χ2n) is 4.45. The Morgan fingerprint density at radius 3 is 2.89 bits per heavy atom.